The van der Waals surface area contributed by atoms with Gasteiger partial charge in [-0.2, -0.15) is 0 Å². The number of hydrogen-bond donors (Lipinski definition) is 1. The van der Waals surface area contributed by atoms with E-state index in [9.17, 15) is 4.39 Å². The van der Waals surface area contributed by atoms with Gasteiger partial charge in [0.1, 0.15) is 11.6 Å². The number of thiophene rings is 1. The van der Waals surface area contributed by atoms with E-state index in [-0.39, 0.29) is 11.9 Å². The Morgan fingerprint density at radius 3 is 2.53 bits per heavy atom. The summed E-state index contributed by atoms with van der Waals surface area (Å²) in [6.45, 7) is 2.01. The van der Waals surface area contributed by atoms with Crippen LogP contribution in [0, 0.1) is 12.7 Å². The summed E-state index contributed by atoms with van der Waals surface area (Å²) in [5.41, 5.74) is 8.15. The molecule has 1 aromatic carbocycles. The largest absolute Gasteiger partial charge is 0.496 e. The average Bonchev–Trinajstić information content (AvgIpc) is 2.71. The molecular formula is C13H12Br2FNOS. The van der Waals surface area contributed by atoms with E-state index in [1.165, 1.54) is 13.2 Å². The Bertz CT molecular complexity index is 595. The van der Waals surface area contributed by atoms with Crippen molar-refractivity contribution in [2.45, 2.75) is 13.0 Å². The number of halogens is 3. The first-order chi connectivity index (χ1) is 8.93. The lowest BCUT2D eigenvalue weighted by molar-refractivity contribution is 0.404. The maximum Gasteiger partial charge on any atom is 0.141 e. The van der Waals surface area contributed by atoms with E-state index >= 15 is 0 Å². The molecule has 0 amide bonds. The van der Waals surface area contributed by atoms with Gasteiger partial charge in [-0.25, -0.2) is 4.39 Å². The monoisotopic (exact) mass is 407 g/mol. The van der Waals surface area contributed by atoms with E-state index in [1.807, 2.05) is 13.0 Å². The van der Waals surface area contributed by atoms with Crippen molar-refractivity contribution < 1.29 is 9.13 Å². The number of benzene rings is 1. The van der Waals surface area contributed by atoms with Gasteiger partial charge >= 0.3 is 0 Å². The summed E-state index contributed by atoms with van der Waals surface area (Å²) in [6.07, 6.45) is 0. The molecule has 0 aliphatic carbocycles. The Labute approximate surface area is 132 Å². The van der Waals surface area contributed by atoms with E-state index in [2.05, 4.69) is 31.9 Å². The molecule has 0 saturated carbocycles. The lowest BCUT2D eigenvalue weighted by Gasteiger charge is -2.15. The minimum absolute atomic E-state index is 0.346. The second kappa shape index (κ2) is 5.91. The SMILES string of the molecule is COc1cc(F)c(Br)cc1C(N)c1cc(C)c(Br)s1. The number of nitrogens with two attached hydrogens (primary N) is 1. The van der Waals surface area contributed by atoms with Gasteiger partial charge in [-0.3, -0.25) is 0 Å². The minimum atomic E-state index is -0.364. The van der Waals surface area contributed by atoms with Crippen LogP contribution in [0.15, 0.2) is 26.5 Å². The van der Waals surface area contributed by atoms with Crippen molar-refractivity contribution in [3.05, 3.63) is 48.3 Å². The first kappa shape index (κ1) is 15.0. The molecule has 0 aliphatic rings. The third kappa shape index (κ3) is 3.02. The second-order valence-electron chi connectivity index (χ2n) is 4.09. The van der Waals surface area contributed by atoms with Crippen LogP contribution >= 0.6 is 43.2 Å². The Hall–Kier alpha value is -0.430. The van der Waals surface area contributed by atoms with Gasteiger partial charge in [0.2, 0.25) is 0 Å². The molecule has 0 radical (unpaired) electrons. The molecule has 2 nitrogen and oxygen atoms in total. The minimum Gasteiger partial charge on any atom is -0.496 e. The standard InChI is InChI=1S/C13H12Br2FNOS/c1-6-3-11(19-13(6)15)12(17)7-4-8(14)9(16)5-10(7)18-2/h3-5,12H,17H2,1-2H3. The predicted octanol–water partition coefficient (Wildman–Crippen LogP) is 4.78. The Morgan fingerprint density at radius 2 is 2.00 bits per heavy atom. The van der Waals surface area contributed by atoms with Crippen molar-refractivity contribution in [1.82, 2.24) is 0 Å². The lowest BCUT2D eigenvalue weighted by atomic mass is 10.0. The van der Waals surface area contributed by atoms with Gasteiger partial charge in [-0.05, 0) is 56.5 Å². The molecule has 2 rings (SSSR count). The first-order valence-electron chi connectivity index (χ1n) is 5.48. The van der Waals surface area contributed by atoms with Crippen molar-refractivity contribution >= 4 is 43.2 Å². The van der Waals surface area contributed by atoms with Crippen molar-refractivity contribution in [2.24, 2.45) is 5.73 Å². The summed E-state index contributed by atoms with van der Waals surface area (Å²) in [6, 6.07) is 4.69. The van der Waals surface area contributed by atoms with Gasteiger partial charge in [0, 0.05) is 16.5 Å². The fraction of sp³-hybridized carbons (Fsp3) is 0.231. The maximum absolute atomic E-state index is 13.5. The zero-order valence-corrected chi connectivity index (χ0v) is 14.3. The highest BCUT2D eigenvalue weighted by atomic mass is 79.9. The van der Waals surface area contributed by atoms with Crippen LogP contribution in [0.25, 0.3) is 0 Å². The Morgan fingerprint density at radius 1 is 1.32 bits per heavy atom. The molecule has 1 unspecified atom stereocenters. The lowest BCUT2D eigenvalue weighted by Crippen LogP contribution is -2.12. The van der Waals surface area contributed by atoms with E-state index in [0.29, 0.717) is 10.2 Å². The molecule has 0 saturated heterocycles. The number of ether oxygens (including phenoxy) is 1. The van der Waals surface area contributed by atoms with Crippen LogP contribution in [0.4, 0.5) is 4.39 Å². The maximum atomic E-state index is 13.5. The zero-order valence-electron chi connectivity index (χ0n) is 10.3. The van der Waals surface area contributed by atoms with Crippen LogP contribution in [-0.4, -0.2) is 7.11 Å². The summed E-state index contributed by atoms with van der Waals surface area (Å²) in [4.78, 5) is 1.00. The highest BCUT2D eigenvalue weighted by Crippen LogP contribution is 2.37. The van der Waals surface area contributed by atoms with Crippen molar-refractivity contribution in [3.8, 4) is 5.75 Å². The quantitative estimate of drug-likeness (QED) is 0.793. The van der Waals surface area contributed by atoms with Crippen LogP contribution < -0.4 is 10.5 Å². The molecule has 2 N–H and O–H groups in total. The molecule has 1 aromatic heterocycles. The van der Waals surface area contributed by atoms with Crippen molar-refractivity contribution in [3.63, 3.8) is 0 Å². The third-order valence-electron chi connectivity index (χ3n) is 2.79. The summed E-state index contributed by atoms with van der Waals surface area (Å²) >= 11 is 8.23. The third-order valence-corrected chi connectivity index (χ3v) is 5.62. The second-order valence-corrected chi connectivity index (χ2v) is 7.35. The van der Waals surface area contributed by atoms with E-state index in [1.54, 1.807) is 17.4 Å². The van der Waals surface area contributed by atoms with E-state index < -0.39 is 0 Å². The van der Waals surface area contributed by atoms with Crippen LogP contribution in [0.1, 0.15) is 22.0 Å². The molecule has 102 valence electrons. The van der Waals surface area contributed by atoms with Crippen LogP contribution in [0.2, 0.25) is 0 Å². The van der Waals surface area contributed by atoms with E-state index in [4.69, 9.17) is 10.5 Å². The van der Waals surface area contributed by atoms with Crippen LogP contribution in [0.3, 0.4) is 0 Å². The molecule has 1 atom stereocenters. The number of rotatable bonds is 3. The van der Waals surface area contributed by atoms with Crippen molar-refractivity contribution in [2.75, 3.05) is 7.11 Å². The van der Waals surface area contributed by atoms with Gasteiger partial charge in [0.25, 0.3) is 0 Å². The Balaban J connectivity index is 2.48. The zero-order chi connectivity index (χ0) is 14.2. The number of methoxy groups -OCH3 is 1. The van der Waals surface area contributed by atoms with Crippen LogP contribution in [-0.2, 0) is 0 Å². The summed E-state index contributed by atoms with van der Waals surface area (Å²) in [5.74, 6) is 0.0896. The summed E-state index contributed by atoms with van der Waals surface area (Å²) in [5, 5.41) is 0. The van der Waals surface area contributed by atoms with Gasteiger partial charge < -0.3 is 10.5 Å². The summed E-state index contributed by atoms with van der Waals surface area (Å²) < 4.78 is 20.2. The first-order valence-corrected chi connectivity index (χ1v) is 7.88. The fourth-order valence-corrected chi connectivity index (χ4v) is 3.71. The fourth-order valence-electron chi connectivity index (χ4n) is 1.75. The normalized spacial score (nSPS) is 12.5. The van der Waals surface area contributed by atoms with Gasteiger partial charge in [-0.15, -0.1) is 11.3 Å². The van der Waals surface area contributed by atoms with Gasteiger partial charge in [0.05, 0.1) is 21.4 Å². The molecule has 1 heterocycles. The molecule has 6 heteroatoms. The number of hydrogen-bond acceptors (Lipinski definition) is 3. The van der Waals surface area contributed by atoms with Gasteiger partial charge in [-0.1, -0.05) is 0 Å². The molecule has 0 bridgehead atoms. The molecule has 2 aromatic rings. The number of aryl methyl sites for hydroxylation is 1. The Kier molecular flexibility index (Phi) is 4.66. The van der Waals surface area contributed by atoms with Gasteiger partial charge in [0.15, 0.2) is 0 Å². The molecular weight excluding hydrogens is 397 g/mol. The van der Waals surface area contributed by atoms with Crippen molar-refractivity contribution in [1.29, 1.82) is 0 Å². The molecule has 0 aliphatic heterocycles. The average molecular weight is 409 g/mol. The molecule has 0 fully saturated rings. The summed E-state index contributed by atoms with van der Waals surface area (Å²) in [7, 11) is 1.51. The highest BCUT2D eigenvalue weighted by molar-refractivity contribution is 9.11. The predicted molar refractivity (Wildman–Crippen MR) is 83.4 cm³/mol. The molecule has 0 spiro atoms. The smallest absolute Gasteiger partial charge is 0.141 e. The molecule has 19 heavy (non-hydrogen) atoms. The topological polar surface area (TPSA) is 35.2 Å². The van der Waals surface area contributed by atoms with E-state index in [0.717, 1.165) is 19.8 Å². The highest BCUT2D eigenvalue weighted by Gasteiger charge is 2.19. The van der Waals surface area contributed by atoms with Crippen LogP contribution in [0.5, 0.6) is 5.75 Å².